The molecule has 1 heterocycles. The minimum absolute atomic E-state index is 0.0726. The topological polar surface area (TPSA) is 65.1 Å². The molecule has 100 valence electrons. The monoisotopic (exact) mass is 258 g/mol. The van der Waals surface area contributed by atoms with Crippen LogP contribution in [0.4, 0.5) is 5.69 Å². The Balaban J connectivity index is 1.79. The van der Waals surface area contributed by atoms with E-state index in [1.807, 2.05) is 25.1 Å². The van der Waals surface area contributed by atoms with Crippen molar-refractivity contribution in [1.29, 1.82) is 0 Å². The lowest BCUT2D eigenvalue weighted by atomic mass is 10.1. The summed E-state index contributed by atoms with van der Waals surface area (Å²) in [7, 11) is 0. The van der Waals surface area contributed by atoms with E-state index in [1.54, 1.807) is 0 Å². The number of hydrogen-bond donors (Lipinski definition) is 3. The Labute approximate surface area is 111 Å². The summed E-state index contributed by atoms with van der Waals surface area (Å²) in [6.45, 7) is 2.01. The zero-order valence-corrected chi connectivity index (χ0v) is 10.9. The highest BCUT2D eigenvalue weighted by Gasteiger charge is 2.31. The van der Waals surface area contributed by atoms with E-state index in [0.717, 1.165) is 41.5 Å². The second-order valence-corrected chi connectivity index (χ2v) is 5.35. The summed E-state index contributed by atoms with van der Waals surface area (Å²) >= 11 is 0. The Hall–Kier alpha value is -1.81. The number of aliphatic hydroxyl groups is 1. The highest BCUT2D eigenvalue weighted by Crippen LogP contribution is 2.27. The van der Waals surface area contributed by atoms with Gasteiger partial charge in [-0.25, -0.2) is 0 Å². The number of aryl methyl sites for hydroxylation is 1. The lowest BCUT2D eigenvalue weighted by Gasteiger charge is -2.14. The van der Waals surface area contributed by atoms with Crippen LogP contribution in [-0.2, 0) is 4.79 Å². The zero-order valence-electron chi connectivity index (χ0n) is 10.9. The minimum Gasteiger partial charge on any atom is -0.392 e. The van der Waals surface area contributed by atoms with Crippen LogP contribution in [0.2, 0.25) is 0 Å². The van der Waals surface area contributed by atoms with Crippen molar-refractivity contribution in [2.24, 2.45) is 5.92 Å². The molecule has 3 N–H and O–H groups in total. The summed E-state index contributed by atoms with van der Waals surface area (Å²) in [5.74, 6) is -0.333. The van der Waals surface area contributed by atoms with E-state index in [0.29, 0.717) is 0 Å². The molecule has 2 unspecified atom stereocenters. The van der Waals surface area contributed by atoms with Crippen LogP contribution in [0.25, 0.3) is 10.9 Å². The molecule has 4 heteroatoms. The number of H-pyrrole nitrogens is 1. The van der Waals surface area contributed by atoms with E-state index in [2.05, 4.69) is 16.4 Å². The standard InChI is InChI=1S/C15H18N2O2/c1-9-7-10-8-11(5-6-13(10)16-9)17-15(19)12-3-2-4-14(12)18/h5-8,12,14,16,18H,2-4H2,1H3,(H,17,19). The first kappa shape index (κ1) is 12.2. The Morgan fingerprint density at radius 2 is 2.21 bits per heavy atom. The van der Waals surface area contributed by atoms with Crippen molar-refractivity contribution in [3.8, 4) is 0 Å². The van der Waals surface area contributed by atoms with Gasteiger partial charge in [0.1, 0.15) is 0 Å². The van der Waals surface area contributed by atoms with Gasteiger partial charge < -0.3 is 15.4 Å². The number of carbonyl (C=O) groups is 1. The smallest absolute Gasteiger partial charge is 0.230 e. The normalized spacial score (nSPS) is 22.8. The van der Waals surface area contributed by atoms with Crippen LogP contribution in [0.15, 0.2) is 24.3 Å². The molecule has 1 saturated carbocycles. The SMILES string of the molecule is Cc1cc2cc(NC(=O)C3CCCC3O)ccc2[nH]1. The van der Waals surface area contributed by atoms with E-state index in [4.69, 9.17) is 0 Å². The Morgan fingerprint density at radius 3 is 2.95 bits per heavy atom. The average Bonchev–Trinajstić information content (AvgIpc) is 2.93. The maximum atomic E-state index is 12.1. The number of anilines is 1. The Morgan fingerprint density at radius 1 is 1.37 bits per heavy atom. The Kier molecular flexibility index (Phi) is 3.03. The minimum atomic E-state index is -0.488. The van der Waals surface area contributed by atoms with Crippen LogP contribution >= 0.6 is 0 Å². The van der Waals surface area contributed by atoms with Crippen molar-refractivity contribution < 1.29 is 9.90 Å². The van der Waals surface area contributed by atoms with E-state index in [1.165, 1.54) is 0 Å². The first-order chi connectivity index (χ1) is 9.13. The van der Waals surface area contributed by atoms with Gasteiger partial charge >= 0.3 is 0 Å². The lowest BCUT2D eigenvalue weighted by Crippen LogP contribution is -2.28. The summed E-state index contributed by atoms with van der Waals surface area (Å²) in [5, 5.41) is 13.7. The van der Waals surface area contributed by atoms with E-state index in [9.17, 15) is 9.90 Å². The Bertz CT molecular complexity index is 618. The van der Waals surface area contributed by atoms with Gasteiger partial charge in [0.15, 0.2) is 0 Å². The van der Waals surface area contributed by atoms with Gasteiger partial charge in [-0.3, -0.25) is 4.79 Å². The summed E-state index contributed by atoms with van der Waals surface area (Å²) in [6.07, 6.45) is 1.94. The van der Waals surface area contributed by atoms with Gasteiger partial charge in [0.05, 0.1) is 12.0 Å². The summed E-state index contributed by atoms with van der Waals surface area (Å²) < 4.78 is 0. The van der Waals surface area contributed by atoms with Crippen molar-refractivity contribution in [2.75, 3.05) is 5.32 Å². The van der Waals surface area contributed by atoms with Gasteiger partial charge in [0, 0.05) is 22.3 Å². The molecule has 1 aromatic carbocycles. The van der Waals surface area contributed by atoms with Gasteiger partial charge in [0.25, 0.3) is 0 Å². The number of aliphatic hydroxyl groups excluding tert-OH is 1. The molecule has 1 amide bonds. The first-order valence-corrected chi connectivity index (χ1v) is 6.72. The number of fused-ring (bicyclic) bond motifs is 1. The van der Waals surface area contributed by atoms with Gasteiger partial charge in [-0.05, 0) is 50.5 Å². The van der Waals surface area contributed by atoms with Crippen molar-refractivity contribution >= 4 is 22.5 Å². The fourth-order valence-corrected chi connectivity index (χ4v) is 2.84. The van der Waals surface area contributed by atoms with E-state index >= 15 is 0 Å². The number of rotatable bonds is 2. The van der Waals surface area contributed by atoms with Gasteiger partial charge in [-0.15, -0.1) is 0 Å². The highest BCUT2D eigenvalue weighted by atomic mass is 16.3. The molecular formula is C15H18N2O2. The number of aromatic nitrogens is 1. The van der Waals surface area contributed by atoms with Crippen molar-refractivity contribution in [1.82, 2.24) is 4.98 Å². The first-order valence-electron chi connectivity index (χ1n) is 6.72. The molecule has 3 rings (SSSR count). The molecule has 2 atom stereocenters. The third-order valence-electron chi connectivity index (χ3n) is 3.84. The molecule has 2 aromatic rings. The van der Waals surface area contributed by atoms with Gasteiger partial charge in [-0.1, -0.05) is 0 Å². The number of nitrogens with one attached hydrogen (secondary N) is 2. The second-order valence-electron chi connectivity index (χ2n) is 5.35. The molecule has 1 aromatic heterocycles. The third-order valence-corrected chi connectivity index (χ3v) is 3.84. The number of hydrogen-bond acceptors (Lipinski definition) is 2. The van der Waals surface area contributed by atoms with Gasteiger partial charge in [0.2, 0.25) is 5.91 Å². The van der Waals surface area contributed by atoms with Crippen LogP contribution in [0.3, 0.4) is 0 Å². The molecule has 1 aliphatic carbocycles. The predicted octanol–water partition coefficient (Wildman–Crippen LogP) is 2.58. The van der Waals surface area contributed by atoms with Crippen molar-refractivity contribution in [2.45, 2.75) is 32.3 Å². The number of benzene rings is 1. The summed E-state index contributed by atoms with van der Waals surface area (Å²) in [5.41, 5.74) is 2.96. The molecule has 1 aliphatic rings. The maximum absolute atomic E-state index is 12.1. The molecule has 0 saturated heterocycles. The molecule has 4 nitrogen and oxygen atoms in total. The lowest BCUT2D eigenvalue weighted by molar-refractivity contribution is -0.122. The highest BCUT2D eigenvalue weighted by molar-refractivity contribution is 5.95. The maximum Gasteiger partial charge on any atom is 0.230 e. The fraction of sp³-hybridized carbons (Fsp3) is 0.400. The predicted molar refractivity (Wildman–Crippen MR) is 75.0 cm³/mol. The molecule has 19 heavy (non-hydrogen) atoms. The largest absolute Gasteiger partial charge is 0.392 e. The van der Waals surface area contributed by atoms with Crippen molar-refractivity contribution in [3.05, 3.63) is 30.0 Å². The molecule has 1 fully saturated rings. The van der Waals surface area contributed by atoms with Crippen LogP contribution < -0.4 is 5.32 Å². The van der Waals surface area contributed by atoms with Crippen LogP contribution in [0.1, 0.15) is 25.0 Å². The molecule has 0 radical (unpaired) electrons. The second kappa shape index (κ2) is 4.70. The van der Waals surface area contributed by atoms with E-state index < -0.39 is 6.10 Å². The van der Waals surface area contributed by atoms with Crippen molar-refractivity contribution in [3.63, 3.8) is 0 Å². The van der Waals surface area contributed by atoms with Crippen LogP contribution in [0.5, 0.6) is 0 Å². The van der Waals surface area contributed by atoms with Crippen LogP contribution in [-0.4, -0.2) is 22.1 Å². The zero-order chi connectivity index (χ0) is 13.4. The number of carbonyl (C=O) groups excluding carboxylic acids is 1. The number of amides is 1. The summed E-state index contributed by atoms with van der Waals surface area (Å²) in [6, 6.07) is 7.86. The molecule has 0 aliphatic heterocycles. The molecule has 0 bridgehead atoms. The quantitative estimate of drug-likeness (QED) is 0.775. The third kappa shape index (κ3) is 2.36. The molecule has 0 spiro atoms. The van der Waals surface area contributed by atoms with E-state index in [-0.39, 0.29) is 11.8 Å². The average molecular weight is 258 g/mol. The summed E-state index contributed by atoms with van der Waals surface area (Å²) in [4.78, 5) is 15.3. The van der Waals surface area contributed by atoms with Gasteiger partial charge in [-0.2, -0.15) is 0 Å². The fourth-order valence-electron chi connectivity index (χ4n) is 2.84. The van der Waals surface area contributed by atoms with Crippen LogP contribution in [0, 0.1) is 12.8 Å². The molecular weight excluding hydrogens is 240 g/mol. The number of aromatic amines is 1.